The van der Waals surface area contributed by atoms with Crippen molar-refractivity contribution in [2.75, 3.05) is 0 Å². The van der Waals surface area contributed by atoms with Crippen molar-refractivity contribution >= 4 is 14.1 Å². The highest BCUT2D eigenvalue weighted by atomic mass is 28.4. The lowest BCUT2D eigenvalue weighted by molar-refractivity contribution is -0.124. The molecule has 0 saturated heterocycles. The van der Waals surface area contributed by atoms with Gasteiger partial charge in [0.25, 0.3) is 0 Å². The summed E-state index contributed by atoms with van der Waals surface area (Å²) in [6.07, 6.45) is 2.99. The minimum absolute atomic E-state index is 0.0370. The van der Waals surface area contributed by atoms with Crippen LogP contribution in [0.4, 0.5) is 0 Å². The van der Waals surface area contributed by atoms with Crippen molar-refractivity contribution in [3.63, 3.8) is 0 Å². The van der Waals surface area contributed by atoms with Crippen LogP contribution in [0.1, 0.15) is 34.1 Å². The van der Waals surface area contributed by atoms with Gasteiger partial charge in [-0.25, -0.2) is 0 Å². The Hall–Kier alpha value is -0.453. The quantitative estimate of drug-likeness (QED) is 0.773. The first-order chi connectivity index (χ1) is 7.46. The summed E-state index contributed by atoms with van der Waals surface area (Å²) in [5, 5.41) is 10.4. The largest absolute Gasteiger partial charge is 0.408 e. The van der Waals surface area contributed by atoms with Crippen molar-refractivity contribution in [1.82, 2.24) is 0 Å². The molecule has 1 N–H and O–H groups in total. The van der Waals surface area contributed by atoms with Crippen molar-refractivity contribution in [3.05, 3.63) is 12.2 Å². The van der Waals surface area contributed by atoms with Crippen molar-refractivity contribution < 1.29 is 14.3 Å². The molecule has 98 valence electrons. The van der Waals surface area contributed by atoms with Crippen LogP contribution in [0.15, 0.2) is 12.2 Å². The summed E-state index contributed by atoms with van der Waals surface area (Å²) < 4.78 is 6.16. The van der Waals surface area contributed by atoms with Gasteiger partial charge in [-0.1, -0.05) is 26.8 Å². The predicted octanol–water partition coefficient (Wildman–Crippen LogP) is 2.66. The third-order valence-electron chi connectivity index (χ3n) is 3.83. The molecule has 0 heterocycles. The van der Waals surface area contributed by atoms with Gasteiger partial charge in [0.2, 0.25) is 0 Å². The van der Waals surface area contributed by atoms with Gasteiger partial charge in [0.1, 0.15) is 0 Å². The number of rotatable bonds is 2. The molecule has 3 nitrogen and oxygen atoms in total. The van der Waals surface area contributed by atoms with Gasteiger partial charge >= 0.3 is 0 Å². The van der Waals surface area contributed by atoms with E-state index in [-0.39, 0.29) is 23.3 Å². The molecule has 0 fully saturated rings. The number of hydrogen-bond donors (Lipinski definition) is 1. The molecule has 0 aromatic carbocycles. The van der Waals surface area contributed by atoms with Crippen molar-refractivity contribution in [2.45, 2.75) is 64.0 Å². The summed E-state index contributed by atoms with van der Waals surface area (Å²) in [7, 11) is -1.93. The molecule has 0 aliphatic heterocycles. The number of allylic oxidation sites excluding steroid dienone is 1. The Morgan fingerprint density at radius 1 is 1.47 bits per heavy atom. The topological polar surface area (TPSA) is 46.5 Å². The monoisotopic (exact) mass is 256 g/mol. The van der Waals surface area contributed by atoms with E-state index in [1.165, 1.54) is 6.08 Å². The molecule has 0 aromatic rings. The van der Waals surface area contributed by atoms with Gasteiger partial charge in [0, 0.05) is 6.42 Å². The maximum atomic E-state index is 11.3. The highest BCUT2D eigenvalue weighted by molar-refractivity contribution is 6.74. The highest BCUT2D eigenvalue weighted by Gasteiger charge is 2.44. The van der Waals surface area contributed by atoms with Crippen LogP contribution in [0, 0.1) is 0 Å². The lowest BCUT2D eigenvalue weighted by Gasteiger charge is -2.43. The summed E-state index contributed by atoms with van der Waals surface area (Å²) in [5.74, 6) is -0.0370. The first-order valence-corrected chi connectivity index (χ1v) is 8.98. The molecule has 1 aliphatic carbocycles. The van der Waals surface area contributed by atoms with Gasteiger partial charge in [-0.15, -0.1) is 0 Å². The van der Waals surface area contributed by atoms with E-state index in [1.54, 1.807) is 13.0 Å². The molecule has 0 unspecified atom stereocenters. The van der Waals surface area contributed by atoms with Crippen LogP contribution in [-0.2, 0) is 9.22 Å². The molecule has 17 heavy (non-hydrogen) atoms. The number of carbonyl (C=O) groups is 1. The maximum Gasteiger partial charge on any atom is 0.193 e. The fourth-order valence-corrected chi connectivity index (χ4v) is 2.90. The minimum atomic E-state index is -1.93. The Balaban J connectivity index is 2.89. The maximum absolute atomic E-state index is 11.3. The standard InChI is InChI=1S/C13H24O3Si/c1-12(2,3)17(5,6)16-11-8-7-10(14)9-13(11,4)15/h7-8,11,15H,9H2,1-6H3/t11-,13+/m1/s1. The Kier molecular flexibility index (Phi) is 3.73. The zero-order valence-corrected chi connectivity index (χ0v) is 12.7. The van der Waals surface area contributed by atoms with Gasteiger partial charge in [-0.2, -0.15) is 0 Å². The van der Waals surface area contributed by atoms with Crippen LogP contribution in [0.25, 0.3) is 0 Å². The summed E-state index contributed by atoms with van der Waals surface area (Å²) in [4.78, 5) is 11.3. The van der Waals surface area contributed by atoms with Gasteiger partial charge < -0.3 is 9.53 Å². The second kappa shape index (κ2) is 4.34. The Bertz CT molecular complexity index is 337. The lowest BCUT2D eigenvalue weighted by Crippen LogP contribution is -2.52. The summed E-state index contributed by atoms with van der Waals surface area (Å²) in [5.41, 5.74) is -1.08. The molecule has 1 rings (SSSR count). The molecule has 0 saturated carbocycles. The fraction of sp³-hybridized carbons (Fsp3) is 0.769. The molecule has 0 amide bonds. The van der Waals surface area contributed by atoms with Gasteiger partial charge in [0.05, 0.1) is 11.7 Å². The molecule has 0 spiro atoms. The second-order valence-electron chi connectivity index (χ2n) is 6.66. The summed E-state index contributed by atoms with van der Waals surface area (Å²) in [6.45, 7) is 12.4. The van der Waals surface area contributed by atoms with Gasteiger partial charge in [0.15, 0.2) is 14.1 Å². The predicted molar refractivity (Wildman–Crippen MR) is 71.5 cm³/mol. The molecule has 0 bridgehead atoms. The molecule has 1 aliphatic rings. The van der Waals surface area contributed by atoms with Gasteiger partial charge in [-0.05, 0) is 31.1 Å². The second-order valence-corrected chi connectivity index (χ2v) is 11.4. The first kappa shape index (κ1) is 14.6. The van der Waals surface area contributed by atoms with Crippen LogP contribution in [-0.4, -0.2) is 30.9 Å². The van der Waals surface area contributed by atoms with Crippen molar-refractivity contribution in [3.8, 4) is 0 Å². The fourth-order valence-electron chi connectivity index (χ4n) is 1.57. The summed E-state index contributed by atoms with van der Waals surface area (Å²) >= 11 is 0. The molecule has 4 heteroatoms. The van der Waals surface area contributed by atoms with E-state index in [0.29, 0.717) is 0 Å². The van der Waals surface area contributed by atoms with E-state index in [1.807, 2.05) is 0 Å². The Morgan fingerprint density at radius 3 is 2.41 bits per heavy atom. The van der Waals surface area contributed by atoms with Crippen LogP contribution in [0.3, 0.4) is 0 Å². The first-order valence-electron chi connectivity index (χ1n) is 6.07. The van der Waals surface area contributed by atoms with Crippen molar-refractivity contribution in [1.29, 1.82) is 0 Å². The average Bonchev–Trinajstić information content (AvgIpc) is 2.07. The third-order valence-corrected chi connectivity index (χ3v) is 8.29. The number of aliphatic hydroxyl groups is 1. The zero-order chi connectivity index (χ0) is 13.5. The van der Waals surface area contributed by atoms with E-state index in [9.17, 15) is 9.90 Å². The van der Waals surface area contributed by atoms with Crippen LogP contribution < -0.4 is 0 Å². The number of ketones is 1. The SMILES string of the molecule is CC(C)(C)[Si](C)(C)O[C@@H]1C=CC(=O)C[C@]1(C)O. The van der Waals surface area contributed by atoms with E-state index >= 15 is 0 Å². The molecule has 2 atom stereocenters. The van der Waals surface area contributed by atoms with E-state index < -0.39 is 13.9 Å². The smallest absolute Gasteiger partial charge is 0.193 e. The van der Waals surface area contributed by atoms with E-state index in [0.717, 1.165) is 0 Å². The van der Waals surface area contributed by atoms with Crippen LogP contribution >= 0.6 is 0 Å². The molecular formula is C13H24O3Si. The molecular weight excluding hydrogens is 232 g/mol. The van der Waals surface area contributed by atoms with Crippen LogP contribution in [0.5, 0.6) is 0 Å². The van der Waals surface area contributed by atoms with Gasteiger partial charge in [-0.3, -0.25) is 4.79 Å². The van der Waals surface area contributed by atoms with E-state index in [2.05, 4.69) is 33.9 Å². The number of carbonyl (C=O) groups excluding carboxylic acids is 1. The van der Waals surface area contributed by atoms with E-state index in [4.69, 9.17) is 4.43 Å². The molecule has 0 radical (unpaired) electrons. The molecule has 0 aromatic heterocycles. The average molecular weight is 256 g/mol. The normalized spacial score (nSPS) is 30.8. The Morgan fingerprint density at radius 2 is 2.00 bits per heavy atom. The lowest BCUT2D eigenvalue weighted by atomic mass is 9.88. The minimum Gasteiger partial charge on any atom is -0.408 e. The number of hydrogen-bond acceptors (Lipinski definition) is 3. The Labute approximate surface area is 105 Å². The van der Waals surface area contributed by atoms with Crippen molar-refractivity contribution in [2.24, 2.45) is 0 Å². The summed E-state index contributed by atoms with van der Waals surface area (Å²) in [6, 6.07) is 0. The zero-order valence-electron chi connectivity index (χ0n) is 11.7. The highest BCUT2D eigenvalue weighted by Crippen LogP contribution is 2.39. The third kappa shape index (κ3) is 3.27. The van der Waals surface area contributed by atoms with Crippen LogP contribution in [0.2, 0.25) is 18.1 Å².